The summed E-state index contributed by atoms with van der Waals surface area (Å²) in [6, 6.07) is 4.85. The molecule has 1 rings (SSSR count). The fourth-order valence-electron chi connectivity index (χ4n) is 0.800. The number of hydrogen-bond acceptors (Lipinski definition) is 3. The summed E-state index contributed by atoms with van der Waals surface area (Å²) in [6.07, 6.45) is 1.30. The Morgan fingerprint density at radius 3 is 2.93 bits per heavy atom. The van der Waals surface area contributed by atoms with Crippen molar-refractivity contribution < 1.29 is 14.7 Å². The molecule has 0 amide bonds. The molecule has 0 aromatic heterocycles. The molecule has 0 aliphatic rings. The zero-order chi connectivity index (χ0) is 11.3. The molecule has 0 saturated heterocycles. The minimum Gasteiger partial charge on any atom is -0.479 e. The van der Waals surface area contributed by atoms with Crippen LogP contribution in [0.25, 0.3) is 0 Å². The highest BCUT2D eigenvalue weighted by Crippen LogP contribution is 2.18. The van der Waals surface area contributed by atoms with Crippen molar-refractivity contribution in [1.82, 2.24) is 0 Å². The van der Waals surface area contributed by atoms with Gasteiger partial charge in [0.05, 0.1) is 6.21 Å². The van der Waals surface area contributed by atoms with Gasteiger partial charge in [0.15, 0.2) is 0 Å². The van der Waals surface area contributed by atoms with E-state index in [9.17, 15) is 4.79 Å². The second-order valence-electron chi connectivity index (χ2n) is 2.57. The van der Waals surface area contributed by atoms with Crippen molar-refractivity contribution in [2.24, 2.45) is 5.16 Å². The molecule has 0 aliphatic carbocycles. The normalized spacial score (nSPS) is 10.5. The maximum atomic E-state index is 10.1. The van der Waals surface area contributed by atoms with Crippen LogP contribution in [0.1, 0.15) is 5.56 Å². The minimum atomic E-state index is -1.09. The van der Waals surface area contributed by atoms with Crippen molar-refractivity contribution in [1.29, 1.82) is 0 Å². The highest BCUT2D eigenvalue weighted by atomic mass is 35.5. The summed E-state index contributed by atoms with van der Waals surface area (Å²) in [5, 5.41) is 12.7. The van der Waals surface area contributed by atoms with Gasteiger partial charge in [0.25, 0.3) is 0 Å². The largest absolute Gasteiger partial charge is 0.479 e. The second kappa shape index (κ2) is 5.58. The van der Waals surface area contributed by atoms with Crippen LogP contribution in [-0.2, 0) is 9.63 Å². The molecule has 80 valence electrons. The Balaban J connectivity index is 2.63. The van der Waals surface area contributed by atoms with Crippen LogP contribution in [-0.4, -0.2) is 23.9 Å². The van der Waals surface area contributed by atoms with E-state index in [1.807, 2.05) is 0 Å². The van der Waals surface area contributed by atoms with E-state index in [1.54, 1.807) is 18.2 Å². The third kappa shape index (κ3) is 4.18. The van der Waals surface area contributed by atoms with Gasteiger partial charge < -0.3 is 9.94 Å². The number of carbonyl (C=O) groups is 1. The van der Waals surface area contributed by atoms with E-state index in [4.69, 9.17) is 28.3 Å². The van der Waals surface area contributed by atoms with Crippen molar-refractivity contribution in [3.63, 3.8) is 0 Å². The van der Waals surface area contributed by atoms with E-state index in [0.717, 1.165) is 0 Å². The zero-order valence-electron chi connectivity index (χ0n) is 7.48. The molecule has 0 spiro atoms. The molecule has 0 fully saturated rings. The monoisotopic (exact) mass is 247 g/mol. The SMILES string of the molecule is O=C(O)CO/N=C/c1cc(Cl)ccc1Cl. The maximum Gasteiger partial charge on any atom is 0.344 e. The summed E-state index contributed by atoms with van der Waals surface area (Å²) in [4.78, 5) is 14.5. The quantitative estimate of drug-likeness (QED) is 0.657. The second-order valence-corrected chi connectivity index (χ2v) is 3.41. The predicted molar refractivity (Wildman–Crippen MR) is 57.6 cm³/mol. The van der Waals surface area contributed by atoms with Crippen LogP contribution in [0.5, 0.6) is 0 Å². The summed E-state index contributed by atoms with van der Waals surface area (Å²) in [5.74, 6) is -1.09. The lowest BCUT2D eigenvalue weighted by Gasteiger charge is -1.98. The number of carboxylic acids is 1. The Morgan fingerprint density at radius 1 is 1.53 bits per heavy atom. The molecule has 15 heavy (non-hydrogen) atoms. The van der Waals surface area contributed by atoms with E-state index in [2.05, 4.69) is 9.99 Å². The molecule has 1 aromatic carbocycles. The van der Waals surface area contributed by atoms with E-state index in [-0.39, 0.29) is 0 Å². The lowest BCUT2D eigenvalue weighted by atomic mass is 10.2. The van der Waals surface area contributed by atoms with Gasteiger partial charge in [-0.3, -0.25) is 0 Å². The number of hydrogen-bond donors (Lipinski definition) is 1. The highest BCUT2D eigenvalue weighted by molar-refractivity contribution is 6.35. The summed E-state index contributed by atoms with van der Waals surface area (Å²) < 4.78 is 0. The number of oxime groups is 1. The molecular weight excluding hydrogens is 241 g/mol. The molecule has 0 unspecified atom stereocenters. The fourth-order valence-corrected chi connectivity index (χ4v) is 1.15. The van der Waals surface area contributed by atoms with Gasteiger partial charge in [-0.1, -0.05) is 28.4 Å². The maximum absolute atomic E-state index is 10.1. The first-order valence-electron chi connectivity index (χ1n) is 3.92. The summed E-state index contributed by atoms with van der Waals surface area (Å²) in [6.45, 7) is -0.491. The Bertz CT molecular complexity index is 393. The van der Waals surface area contributed by atoms with Gasteiger partial charge in [-0.2, -0.15) is 0 Å². The van der Waals surface area contributed by atoms with E-state index in [0.29, 0.717) is 15.6 Å². The highest BCUT2D eigenvalue weighted by Gasteiger charge is 1.99. The molecule has 0 heterocycles. The van der Waals surface area contributed by atoms with E-state index < -0.39 is 12.6 Å². The van der Waals surface area contributed by atoms with Gasteiger partial charge in [-0.25, -0.2) is 4.79 Å². The standard InChI is InChI=1S/C9H7Cl2NO3/c10-7-1-2-8(11)6(3-7)4-12-15-5-9(13)14/h1-4H,5H2,(H,13,14)/b12-4+. The van der Waals surface area contributed by atoms with Crippen molar-refractivity contribution in [3.05, 3.63) is 33.8 Å². The third-order valence-electron chi connectivity index (χ3n) is 1.41. The average Bonchev–Trinajstić information content (AvgIpc) is 2.17. The van der Waals surface area contributed by atoms with Crippen LogP contribution in [0.2, 0.25) is 10.0 Å². The van der Waals surface area contributed by atoms with Gasteiger partial charge in [0.2, 0.25) is 6.61 Å². The molecule has 0 saturated carbocycles. The van der Waals surface area contributed by atoms with E-state index in [1.165, 1.54) is 6.21 Å². The fraction of sp³-hybridized carbons (Fsp3) is 0.111. The molecule has 0 atom stereocenters. The zero-order valence-corrected chi connectivity index (χ0v) is 9.00. The molecule has 0 aliphatic heterocycles. The molecule has 6 heteroatoms. The third-order valence-corrected chi connectivity index (χ3v) is 1.99. The summed E-state index contributed by atoms with van der Waals surface area (Å²) >= 11 is 11.5. The van der Waals surface area contributed by atoms with Crippen LogP contribution < -0.4 is 0 Å². The first-order valence-corrected chi connectivity index (χ1v) is 4.67. The summed E-state index contributed by atoms with van der Waals surface area (Å²) in [5.41, 5.74) is 0.564. The molecule has 0 radical (unpaired) electrons. The van der Waals surface area contributed by atoms with Gasteiger partial charge in [0, 0.05) is 15.6 Å². The van der Waals surface area contributed by atoms with Crippen LogP contribution in [0.3, 0.4) is 0 Å². The van der Waals surface area contributed by atoms with Crippen LogP contribution >= 0.6 is 23.2 Å². The van der Waals surface area contributed by atoms with Gasteiger partial charge >= 0.3 is 5.97 Å². The van der Waals surface area contributed by atoms with Crippen LogP contribution in [0.4, 0.5) is 0 Å². The number of benzene rings is 1. The molecular formula is C9H7Cl2NO3. The summed E-state index contributed by atoms with van der Waals surface area (Å²) in [7, 11) is 0. The smallest absolute Gasteiger partial charge is 0.344 e. The van der Waals surface area contributed by atoms with E-state index >= 15 is 0 Å². The Kier molecular flexibility index (Phi) is 4.39. The molecule has 0 bridgehead atoms. The number of halogens is 2. The lowest BCUT2D eigenvalue weighted by Crippen LogP contribution is -2.03. The lowest BCUT2D eigenvalue weighted by molar-refractivity contribution is -0.142. The van der Waals surface area contributed by atoms with Crippen molar-refractivity contribution in [2.45, 2.75) is 0 Å². The first-order chi connectivity index (χ1) is 7.09. The topological polar surface area (TPSA) is 58.9 Å². The predicted octanol–water partition coefficient (Wildman–Crippen LogP) is 2.43. The van der Waals surface area contributed by atoms with Crippen molar-refractivity contribution in [3.8, 4) is 0 Å². The van der Waals surface area contributed by atoms with Gasteiger partial charge in [0.1, 0.15) is 0 Å². The number of rotatable bonds is 4. The molecule has 1 aromatic rings. The van der Waals surface area contributed by atoms with Crippen LogP contribution in [0.15, 0.2) is 23.4 Å². The molecule has 1 N–H and O–H groups in total. The Morgan fingerprint density at radius 2 is 2.27 bits per heavy atom. The molecule has 4 nitrogen and oxygen atoms in total. The minimum absolute atomic E-state index is 0.460. The number of aliphatic carboxylic acids is 1. The number of nitrogens with zero attached hydrogens (tertiary/aromatic N) is 1. The van der Waals surface area contributed by atoms with Gasteiger partial charge in [-0.05, 0) is 18.2 Å². The van der Waals surface area contributed by atoms with Crippen molar-refractivity contribution in [2.75, 3.05) is 6.61 Å². The average molecular weight is 248 g/mol. The first kappa shape index (κ1) is 11.8. The van der Waals surface area contributed by atoms with Gasteiger partial charge in [-0.15, -0.1) is 0 Å². The number of carboxylic acid groups (broad SMARTS) is 1. The Labute approximate surface area is 96.1 Å². The van der Waals surface area contributed by atoms with Crippen molar-refractivity contribution >= 4 is 35.4 Å². The van der Waals surface area contributed by atoms with Crippen LogP contribution in [0, 0.1) is 0 Å². The Hall–Kier alpha value is -1.26.